The van der Waals surface area contributed by atoms with E-state index in [0.717, 1.165) is 17.2 Å². The smallest absolute Gasteiger partial charge is 0.303 e. The van der Waals surface area contributed by atoms with Crippen molar-refractivity contribution < 1.29 is 19.4 Å². The van der Waals surface area contributed by atoms with Crippen molar-refractivity contribution in [2.75, 3.05) is 25.1 Å². The van der Waals surface area contributed by atoms with Crippen LogP contribution in [0.2, 0.25) is 0 Å². The maximum Gasteiger partial charge on any atom is 0.303 e. The molecule has 106 valence electrons. The topological polar surface area (TPSA) is 67.8 Å². The highest BCUT2D eigenvalue weighted by Gasteiger charge is 2.06. The average molecular weight is 267 g/mol. The molecule has 5 heteroatoms. The van der Waals surface area contributed by atoms with Crippen molar-refractivity contribution in [3.05, 3.63) is 18.2 Å². The van der Waals surface area contributed by atoms with E-state index in [2.05, 4.69) is 5.32 Å². The third kappa shape index (κ3) is 5.50. The van der Waals surface area contributed by atoms with Crippen LogP contribution in [0.3, 0.4) is 0 Å². The molecule has 0 heterocycles. The number of ether oxygens (including phenoxy) is 2. The van der Waals surface area contributed by atoms with Gasteiger partial charge in [-0.1, -0.05) is 0 Å². The van der Waals surface area contributed by atoms with Crippen molar-refractivity contribution in [3.8, 4) is 11.5 Å². The van der Waals surface area contributed by atoms with Crippen LogP contribution >= 0.6 is 0 Å². The Labute approximate surface area is 113 Å². The zero-order valence-corrected chi connectivity index (χ0v) is 11.4. The summed E-state index contributed by atoms with van der Waals surface area (Å²) in [5, 5.41) is 11.8. The van der Waals surface area contributed by atoms with Crippen molar-refractivity contribution in [1.29, 1.82) is 0 Å². The van der Waals surface area contributed by atoms with E-state index in [1.165, 1.54) is 0 Å². The zero-order valence-electron chi connectivity index (χ0n) is 11.4. The Morgan fingerprint density at radius 3 is 2.63 bits per heavy atom. The molecule has 0 unspecified atom stereocenters. The number of hydrogen-bond donors (Lipinski definition) is 2. The van der Waals surface area contributed by atoms with E-state index in [-0.39, 0.29) is 6.42 Å². The first kappa shape index (κ1) is 15.1. The predicted octanol–water partition coefficient (Wildman–Crippen LogP) is 2.76. The van der Waals surface area contributed by atoms with Gasteiger partial charge in [-0.15, -0.1) is 0 Å². The number of carboxylic acids is 1. The van der Waals surface area contributed by atoms with Crippen molar-refractivity contribution in [3.63, 3.8) is 0 Å². The van der Waals surface area contributed by atoms with Gasteiger partial charge in [-0.3, -0.25) is 4.79 Å². The van der Waals surface area contributed by atoms with Crippen LogP contribution in [-0.4, -0.2) is 30.8 Å². The summed E-state index contributed by atoms with van der Waals surface area (Å²) in [4.78, 5) is 10.4. The Morgan fingerprint density at radius 1 is 1.26 bits per heavy atom. The van der Waals surface area contributed by atoms with Crippen LogP contribution in [0.5, 0.6) is 11.5 Å². The molecule has 0 aliphatic heterocycles. The summed E-state index contributed by atoms with van der Waals surface area (Å²) in [7, 11) is 0. The van der Waals surface area contributed by atoms with Gasteiger partial charge in [-0.05, 0) is 32.4 Å². The number of rotatable bonds is 9. The van der Waals surface area contributed by atoms with Crippen LogP contribution in [0.15, 0.2) is 18.2 Å². The Kier molecular flexibility index (Phi) is 6.57. The molecule has 0 aromatic heterocycles. The van der Waals surface area contributed by atoms with E-state index in [1.807, 2.05) is 32.0 Å². The van der Waals surface area contributed by atoms with Crippen LogP contribution in [0.4, 0.5) is 5.69 Å². The fourth-order valence-corrected chi connectivity index (χ4v) is 1.65. The Hall–Kier alpha value is -1.91. The number of anilines is 1. The first-order valence-corrected chi connectivity index (χ1v) is 6.52. The second-order valence-corrected chi connectivity index (χ2v) is 3.95. The molecule has 0 spiro atoms. The molecule has 1 aromatic carbocycles. The molecule has 0 amide bonds. The summed E-state index contributed by atoms with van der Waals surface area (Å²) in [6.45, 7) is 5.62. The van der Waals surface area contributed by atoms with Crippen LogP contribution < -0.4 is 14.8 Å². The quantitative estimate of drug-likeness (QED) is 0.673. The molecule has 2 N–H and O–H groups in total. The first-order chi connectivity index (χ1) is 9.17. The summed E-state index contributed by atoms with van der Waals surface area (Å²) in [5.41, 5.74) is 0.832. The average Bonchev–Trinajstić information content (AvgIpc) is 2.37. The lowest BCUT2D eigenvalue weighted by molar-refractivity contribution is -0.137. The molecular formula is C14H21NO4. The van der Waals surface area contributed by atoms with Gasteiger partial charge in [0.25, 0.3) is 0 Å². The number of carbonyl (C=O) groups is 1. The molecule has 1 aromatic rings. The third-order valence-electron chi connectivity index (χ3n) is 2.44. The minimum atomic E-state index is -0.783. The lowest BCUT2D eigenvalue weighted by atomic mass is 10.2. The molecule has 0 aliphatic carbocycles. The van der Waals surface area contributed by atoms with Gasteiger partial charge in [0.05, 0.1) is 18.9 Å². The highest BCUT2D eigenvalue weighted by Crippen LogP contribution is 2.29. The van der Waals surface area contributed by atoms with Crippen LogP contribution in [0.1, 0.15) is 26.7 Å². The van der Waals surface area contributed by atoms with E-state index in [1.54, 1.807) is 0 Å². The SMILES string of the molecule is CCOc1ccc(OCC)c(NCCCC(=O)O)c1. The van der Waals surface area contributed by atoms with Gasteiger partial charge in [0.15, 0.2) is 0 Å². The molecule has 0 aliphatic rings. The van der Waals surface area contributed by atoms with Gasteiger partial charge >= 0.3 is 5.97 Å². The van der Waals surface area contributed by atoms with Gasteiger partial charge in [-0.2, -0.15) is 0 Å². The maximum atomic E-state index is 10.4. The minimum absolute atomic E-state index is 0.155. The number of carboxylic acid groups (broad SMARTS) is 1. The Bertz CT molecular complexity index is 406. The minimum Gasteiger partial charge on any atom is -0.494 e. The monoisotopic (exact) mass is 267 g/mol. The predicted molar refractivity (Wildman–Crippen MR) is 74.1 cm³/mol. The highest BCUT2D eigenvalue weighted by molar-refractivity contribution is 5.66. The van der Waals surface area contributed by atoms with Crippen LogP contribution in [0.25, 0.3) is 0 Å². The first-order valence-electron chi connectivity index (χ1n) is 6.52. The molecule has 0 radical (unpaired) electrons. The van der Waals surface area contributed by atoms with E-state index in [4.69, 9.17) is 14.6 Å². The molecule has 1 rings (SSSR count). The molecule has 19 heavy (non-hydrogen) atoms. The molecule has 0 fully saturated rings. The Morgan fingerprint density at radius 2 is 2.00 bits per heavy atom. The highest BCUT2D eigenvalue weighted by atomic mass is 16.5. The second-order valence-electron chi connectivity index (χ2n) is 3.95. The Balaban J connectivity index is 2.64. The molecule has 0 saturated carbocycles. The molecular weight excluding hydrogens is 246 g/mol. The molecule has 0 saturated heterocycles. The number of hydrogen-bond acceptors (Lipinski definition) is 4. The van der Waals surface area contributed by atoms with E-state index in [9.17, 15) is 4.79 Å². The largest absolute Gasteiger partial charge is 0.494 e. The van der Waals surface area contributed by atoms with Crippen LogP contribution in [-0.2, 0) is 4.79 Å². The van der Waals surface area contributed by atoms with E-state index in [0.29, 0.717) is 26.2 Å². The van der Waals surface area contributed by atoms with Crippen molar-refractivity contribution in [1.82, 2.24) is 0 Å². The standard InChI is InChI=1S/C14H21NO4/c1-3-18-11-7-8-13(19-4-2)12(10-11)15-9-5-6-14(16)17/h7-8,10,15H,3-6,9H2,1-2H3,(H,16,17). The number of nitrogens with one attached hydrogen (secondary N) is 1. The van der Waals surface area contributed by atoms with Crippen molar-refractivity contribution in [2.24, 2.45) is 0 Å². The van der Waals surface area contributed by atoms with Gasteiger partial charge in [0.1, 0.15) is 11.5 Å². The van der Waals surface area contributed by atoms with E-state index < -0.39 is 5.97 Å². The zero-order chi connectivity index (χ0) is 14.1. The molecule has 0 bridgehead atoms. The van der Waals surface area contributed by atoms with Crippen LogP contribution in [0, 0.1) is 0 Å². The number of aliphatic carboxylic acids is 1. The van der Waals surface area contributed by atoms with Gasteiger partial charge in [-0.25, -0.2) is 0 Å². The summed E-state index contributed by atoms with van der Waals surface area (Å²) in [6.07, 6.45) is 0.724. The fraction of sp³-hybridized carbons (Fsp3) is 0.500. The maximum absolute atomic E-state index is 10.4. The van der Waals surface area contributed by atoms with Crippen molar-refractivity contribution >= 4 is 11.7 Å². The van der Waals surface area contributed by atoms with E-state index >= 15 is 0 Å². The fourth-order valence-electron chi connectivity index (χ4n) is 1.65. The summed E-state index contributed by atoms with van der Waals surface area (Å²) in [6, 6.07) is 5.58. The lowest BCUT2D eigenvalue weighted by Gasteiger charge is -2.14. The molecule has 5 nitrogen and oxygen atoms in total. The lowest BCUT2D eigenvalue weighted by Crippen LogP contribution is -2.07. The van der Waals surface area contributed by atoms with Gasteiger partial charge in [0.2, 0.25) is 0 Å². The summed E-state index contributed by atoms with van der Waals surface area (Å²) >= 11 is 0. The second kappa shape index (κ2) is 8.24. The summed E-state index contributed by atoms with van der Waals surface area (Å²) in [5.74, 6) is 0.739. The van der Waals surface area contributed by atoms with Crippen molar-refractivity contribution in [2.45, 2.75) is 26.7 Å². The normalized spacial score (nSPS) is 10.0. The van der Waals surface area contributed by atoms with Gasteiger partial charge < -0.3 is 19.9 Å². The third-order valence-corrected chi connectivity index (χ3v) is 2.44. The summed E-state index contributed by atoms with van der Waals surface area (Å²) < 4.78 is 10.9. The van der Waals surface area contributed by atoms with Gasteiger partial charge in [0, 0.05) is 19.0 Å². The number of benzene rings is 1. The molecule has 0 atom stereocenters.